The average Bonchev–Trinajstić information content (AvgIpc) is 3.11. The summed E-state index contributed by atoms with van der Waals surface area (Å²) in [5.41, 5.74) is 7.90. The minimum Gasteiger partial charge on any atom is -0.326 e. The van der Waals surface area contributed by atoms with Gasteiger partial charge in [-0.15, -0.1) is 0 Å². The first-order valence-electron chi connectivity index (χ1n) is 7.86. The van der Waals surface area contributed by atoms with Gasteiger partial charge < -0.3 is 10.6 Å². The average molecular weight is 258 g/mol. The summed E-state index contributed by atoms with van der Waals surface area (Å²) in [7, 11) is 0. The first-order valence-corrected chi connectivity index (χ1v) is 7.86. The molecule has 2 nitrogen and oxygen atoms in total. The van der Waals surface area contributed by atoms with Crippen LogP contribution in [-0.2, 0) is 0 Å². The van der Waals surface area contributed by atoms with Crippen LogP contribution in [0.1, 0.15) is 43.6 Å². The lowest BCUT2D eigenvalue weighted by Gasteiger charge is -2.25. The Morgan fingerprint density at radius 1 is 1.11 bits per heavy atom. The summed E-state index contributed by atoms with van der Waals surface area (Å²) in [6.45, 7) is 3.53. The smallest absolute Gasteiger partial charge is 0.0196 e. The van der Waals surface area contributed by atoms with Gasteiger partial charge in [-0.3, -0.25) is 0 Å². The molecule has 1 aliphatic heterocycles. The standard InChI is InChI=1S/C17H26N2/c18-17(15-8-4-5-9-15)13-19-11-10-16(12-19)14-6-2-1-3-7-14/h1-3,6-7,15-17H,4-5,8-13,18H2. The van der Waals surface area contributed by atoms with Crippen molar-refractivity contribution in [1.82, 2.24) is 4.90 Å². The number of nitrogens with two attached hydrogens (primary N) is 1. The molecule has 0 radical (unpaired) electrons. The molecule has 19 heavy (non-hydrogen) atoms. The molecule has 2 N–H and O–H groups in total. The lowest BCUT2D eigenvalue weighted by atomic mass is 9.98. The van der Waals surface area contributed by atoms with Gasteiger partial charge in [0.15, 0.2) is 0 Å². The van der Waals surface area contributed by atoms with E-state index >= 15 is 0 Å². The molecule has 3 rings (SSSR count). The van der Waals surface area contributed by atoms with Gasteiger partial charge >= 0.3 is 0 Å². The molecule has 1 heterocycles. The maximum Gasteiger partial charge on any atom is 0.0196 e. The summed E-state index contributed by atoms with van der Waals surface area (Å²) in [6.07, 6.45) is 6.80. The third-order valence-corrected chi connectivity index (χ3v) is 5.02. The molecule has 2 atom stereocenters. The van der Waals surface area contributed by atoms with Gasteiger partial charge in [-0.05, 0) is 43.2 Å². The largest absolute Gasteiger partial charge is 0.326 e. The van der Waals surface area contributed by atoms with E-state index in [4.69, 9.17) is 5.73 Å². The van der Waals surface area contributed by atoms with Crippen molar-refractivity contribution in [1.29, 1.82) is 0 Å². The first-order chi connectivity index (χ1) is 9.33. The number of likely N-dealkylation sites (tertiary alicyclic amines) is 1. The van der Waals surface area contributed by atoms with E-state index in [1.165, 1.54) is 50.8 Å². The van der Waals surface area contributed by atoms with Gasteiger partial charge in [0.2, 0.25) is 0 Å². The molecular formula is C17H26N2. The van der Waals surface area contributed by atoms with Crippen LogP contribution in [0.15, 0.2) is 30.3 Å². The van der Waals surface area contributed by atoms with Crippen LogP contribution in [0.25, 0.3) is 0 Å². The van der Waals surface area contributed by atoms with Crippen molar-refractivity contribution in [3.63, 3.8) is 0 Å². The summed E-state index contributed by atoms with van der Waals surface area (Å²) in [4.78, 5) is 2.58. The Labute approximate surface area is 117 Å². The molecule has 104 valence electrons. The third kappa shape index (κ3) is 3.18. The molecule has 0 amide bonds. The van der Waals surface area contributed by atoms with Crippen LogP contribution in [0.2, 0.25) is 0 Å². The molecule has 1 saturated heterocycles. The second-order valence-corrected chi connectivity index (χ2v) is 6.36. The second kappa shape index (κ2) is 6.06. The van der Waals surface area contributed by atoms with E-state index in [-0.39, 0.29) is 0 Å². The van der Waals surface area contributed by atoms with Crippen LogP contribution in [-0.4, -0.2) is 30.6 Å². The van der Waals surface area contributed by atoms with Crippen LogP contribution in [0.3, 0.4) is 0 Å². The van der Waals surface area contributed by atoms with Crippen LogP contribution < -0.4 is 5.73 Å². The highest BCUT2D eigenvalue weighted by Crippen LogP contribution is 2.30. The molecule has 1 aromatic rings. The third-order valence-electron chi connectivity index (χ3n) is 5.02. The van der Waals surface area contributed by atoms with E-state index < -0.39 is 0 Å². The van der Waals surface area contributed by atoms with Crippen molar-refractivity contribution in [2.24, 2.45) is 11.7 Å². The van der Waals surface area contributed by atoms with Crippen molar-refractivity contribution >= 4 is 0 Å². The zero-order chi connectivity index (χ0) is 13.1. The number of nitrogens with zero attached hydrogens (tertiary/aromatic N) is 1. The van der Waals surface area contributed by atoms with E-state index in [0.29, 0.717) is 6.04 Å². The van der Waals surface area contributed by atoms with Crippen molar-refractivity contribution in [3.8, 4) is 0 Å². The fourth-order valence-electron chi connectivity index (χ4n) is 3.83. The molecular weight excluding hydrogens is 232 g/mol. The van der Waals surface area contributed by atoms with E-state index in [1.54, 1.807) is 0 Å². The highest BCUT2D eigenvalue weighted by molar-refractivity contribution is 5.21. The van der Waals surface area contributed by atoms with Crippen LogP contribution in [0, 0.1) is 5.92 Å². The molecule has 0 spiro atoms. The van der Waals surface area contributed by atoms with E-state index in [0.717, 1.165) is 18.4 Å². The second-order valence-electron chi connectivity index (χ2n) is 6.36. The molecule has 1 aromatic carbocycles. The van der Waals surface area contributed by atoms with Gasteiger partial charge in [-0.25, -0.2) is 0 Å². The predicted molar refractivity (Wildman–Crippen MR) is 80.2 cm³/mol. The minimum absolute atomic E-state index is 0.400. The lowest BCUT2D eigenvalue weighted by molar-refractivity contribution is 0.269. The first kappa shape index (κ1) is 13.1. The van der Waals surface area contributed by atoms with E-state index in [2.05, 4.69) is 35.2 Å². The van der Waals surface area contributed by atoms with E-state index in [9.17, 15) is 0 Å². The van der Waals surface area contributed by atoms with Crippen molar-refractivity contribution in [3.05, 3.63) is 35.9 Å². The minimum atomic E-state index is 0.400. The quantitative estimate of drug-likeness (QED) is 0.899. The van der Waals surface area contributed by atoms with Gasteiger partial charge in [0, 0.05) is 19.1 Å². The number of benzene rings is 1. The predicted octanol–water partition coefficient (Wildman–Crippen LogP) is 2.99. The monoisotopic (exact) mass is 258 g/mol. The lowest BCUT2D eigenvalue weighted by Crippen LogP contribution is -2.40. The summed E-state index contributed by atoms with van der Waals surface area (Å²) < 4.78 is 0. The zero-order valence-electron chi connectivity index (χ0n) is 11.8. The fourth-order valence-corrected chi connectivity index (χ4v) is 3.83. The van der Waals surface area contributed by atoms with Crippen LogP contribution in [0.5, 0.6) is 0 Å². The van der Waals surface area contributed by atoms with Gasteiger partial charge in [0.25, 0.3) is 0 Å². The number of hydrogen-bond acceptors (Lipinski definition) is 2. The van der Waals surface area contributed by atoms with Crippen molar-refractivity contribution < 1.29 is 0 Å². The topological polar surface area (TPSA) is 29.3 Å². The molecule has 2 heteroatoms. The highest BCUT2D eigenvalue weighted by atomic mass is 15.2. The SMILES string of the molecule is NC(CN1CCC(c2ccccc2)C1)C1CCCC1. The maximum atomic E-state index is 6.40. The molecule has 1 aliphatic carbocycles. The molecule has 2 fully saturated rings. The van der Waals surface area contributed by atoms with Crippen molar-refractivity contribution in [2.45, 2.75) is 44.1 Å². The Balaban J connectivity index is 1.51. The number of rotatable bonds is 4. The van der Waals surface area contributed by atoms with Crippen LogP contribution in [0.4, 0.5) is 0 Å². The summed E-state index contributed by atoms with van der Waals surface area (Å²) >= 11 is 0. The molecule has 1 saturated carbocycles. The fraction of sp³-hybridized carbons (Fsp3) is 0.647. The van der Waals surface area contributed by atoms with Gasteiger partial charge in [-0.2, -0.15) is 0 Å². The maximum absolute atomic E-state index is 6.40. The Morgan fingerprint density at radius 3 is 2.58 bits per heavy atom. The van der Waals surface area contributed by atoms with Crippen LogP contribution >= 0.6 is 0 Å². The molecule has 0 bridgehead atoms. The summed E-state index contributed by atoms with van der Waals surface area (Å²) in [5, 5.41) is 0. The number of hydrogen-bond donors (Lipinski definition) is 1. The summed E-state index contributed by atoms with van der Waals surface area (Å²) in [5.74, 6) is 1.51. The molecule has 2 unspecified atom stereocenters. The Hall–Kier alpha value is -0.860. The van der Waals surface area contributed by atoms with Crippen molar-refractivity contribution in [2.75, 3.05) is 19.6 Å². The van der Waals surface area contributed by atoms with Gasteiger partial charge in [-0.1, -0.05) is 43.2 Å². The Kier molecular flexibility index (Phi) is 4.19. The van der Waals surface area contributed by atoms with E-state index in [1.807, 2.05) is 0 Å². The molecule has 0 aromatic heterocycles. The van der Waals surface area contributed by atoms with Gasteiger partial charge in [0.1, 0.15) is 0 Å². The summed E-state index contributed by atoms with van der Waals surface area (Å²) in [6, 6.07) is 11.4. The zero-order valence-corrected chi connectivity index (χ0v) is 11.8. The van der Waals surface area contributed by atoms with Gasteiger partial charge in [0.05, 0.1) is 0 Å². The Bertz CT molecular complexity index is 384. The highest BCUT2D eigenvalue weighted by Gasteiger charge is 2.28. The normalized spacial score (nSPS) is 26.9. The molecule has 2 aliphatic rings. The Morgan fingerprint density at radius 2 is 1.84 bits per heavy atom.